The highest BCUT2D eigenvalue weighted by atomic mass is 19.4. The van der Waals surface area contributed by atoms with Crippen LogP contribution in [0.3, 0.4) is 0 Å². The number of ketones is 2. The van der Waals surface area contributed by atoms with E-state index in [9.17, 15) is 32.3 Å². The third-order valence-corrected chi connectivity index (χ3v) is 2.29. The first-order valence-corrected chi connectivity index (χ1v) is 5.57. The molecule has 0 saturated carbocycles. The number of alkyl halides is 3. The zero-order valence-electron chi connectivity index (χ0n) is 11.0. The number of hydrogen-bond acceptors (Lipinski definition) is 5. The zero-order valence-corrected chi connectivity index (χ0v) is 11.0. The van der Waals surface area contributed by atoms with Crippen LogP contribution in [0.25, 0.3) is 0 Å². The molecule has 114 valence electrons. The highest BCUT2D eigenvalue weighted by molar-refractivity contribution is 6.05. The molecule has 0 heterocycles. The molecule has 0 aliphatic rings. The maximum Gasteiger partial charge on any atom is 0.471 e. The van der Waals surface area contributed by atoms with Crippen molar-refractivity contribution >= 4 is 23.4 Å². The Morgan fingerprint density at radius 3 is 1.85 bits per heavy atom. The molecule has 0 bridgehead atoms. The normalized spacial score (nSPS) is 12.8. The molecule has 0 aliphatic carbocycles. The van der Waals surface area contributed by atoms with Gasteiger partial charge < -0.3 is 10.1 Å². The molecule has 0 radical (unpaired) electrons. The fourth-order valence-electron chi connectivity index (χ4n) is 1.49. The first kappa shape index (κ1) is 18.1. The monoisotopic (exact) mass is 297 g/mol. The number of ether oxygens (including phenoxy) is 1. The van der Waals surface area contributed by atoms with Crippen LogP contribution >= 0.6 is 0 Å². The van der Waals surface area contributed by atoms with E-state index < -0.39 is 41.6 Å². The van der Waals surface area contributed by atoms with Crippen LogP contribution in [0.2, 0.25) is 0 Å². The second-order valence-corrected chi connectivity index (χ2v) is 3.90. The summed E-state index contributed by atoms with van der Waals surface area (Å²) in [6.07, 6.45) is -5.25. The van der Waals surface area contributed by atoms with Crippen molar-refractivity contribution in [2.75, 3.05) is 6.61 Å². The van der Waals surface area contributed by atoms with Gasteiger partial charge in [-0.25, -0.2) is 4.79 Å². The van der Waals surface area contributed by atoms with E-state index in [1.807, 2.05) is 0 Å². The lowest BCUT2D eigenvalue weighted by Crippen LogP contribution is -2.54. The second-order valence-electron chi connectivity index (χ2n) is 3.90. The van der Waals surface area contributed by atoms with Gasteiger partial charge in [-0.15, -0.1) is 0 Å². The summed E-state index contributed by atoms with van der Waals surface area (Å²) in [5, 5.41) is 1.32. The third-order valence-electron chi connectivity index (χ3n) is 2.29. The van der Waals surface area contributed by atoms with Gasteiger partial charge >= 0.3 is 18.1 Å². The minimum Gasteiger partial charge on any atom is -0.464 e. The average molecular weight is 297 g/mol. The smallest absolute Gasteiger partial charge is 0.464 e. The Balaban J connectivity index is 5.38. The van der Waals surface area contributed by atoms with E-state index in [1.165, 1.54) is 12.2 Å². The van der Waals surface area contributed by atoms with Crippen LogP contribution in [0.4, 0.5) is 13.2 Å². The van der Waals surface area contributed by atoms with Crippen molar-refractivity contribution in [3.05, 3.63) is 0 Å². The van der Waals surface area contributed by atoms with Crippen molar-refractivity contribution < 1.29 is 37.1 Å². The molecule has 0 aliphatic heterocycles. The summed E-state index contributed by atoms with van der Waals surface area (Å²) in [6.45, 7) is 3.06. The molecule has 6 nitrogen and oxygen atoms in total. The maximum absolute atomic E-state index is 12.2. The van der Waals surface area contributed by atoms with E-state index in [0.717, 1.165) is 13.8 Å². The van der Waals surface area contributed by atoms with Gasteiger partial charge in [0, 0.05) is 0 Å². The number of hydrogen-bond donors (Lipinski definition) is 1. The molecular weight excluding hydrogens is 283 g/mol. The lowest BCUT2D eigenvalue weighted by atomic mass is 9.92. The van der Waals surface area contributed by atoms with E-state index in [0.29, 0.717) is 0 Å². The van der Waals surface area contributed by atoms with Crippen LogP contribution in [-0.4, -0.2) is 42.3 Å². The van der Waals surface area contributed by atoms with Crippen LogP contribution in [-0.2, 0) is 23.9 Å². The lowest BCUT2D eigenvalue weighted by Gasteiger charge is -2.23. The Hall–Kier alpha value is -1.93. The molecular formula is C11H14F3NO5. The molecule has 0 fully saturated rings. The summed E-state index contributed by atoms with van der Waals surface area (Å²) in [6, 6.07) is -2.00. The van der Waals surface area contributed by atoms with Crippen molar-refractivity contribution in [1.82, 2.24) is 5.32 Å². The standard InChI is InChI=1S/C11H14F3NO5/c1-4-20-9(18)8(7(5(2)16)6(3)17)15-10(19)11(12,13)14/h7-8H,4H2,1-3H3,(H,15,19). The number of Topliss-reactive ketones (excluding diaryl/α,β-unsaturated/α-hetero) is 2. The van der Waals surface area contributed by atoms with Gasteiger partial charge in [0.05, 0.1) is 6.61 Å². The van der Waals surface area contributed by atoms with E-state index in [2.05, 4.69) is 4.74 Å². The Kier molecular flexibility index (Phi) is 6.34. The van der Waals surface area contributed by atoms with Crippen molar-refractivity contribution in [1.29, 1.82) is 0 Å². The van der Waals surface area contributed by atoms with Crippen molar-refractivity contribution in [3.8, 4) is 0 Å². The molecule has 0 aromatic rings. The molecule has 0 saturated heterocycles. The van der Waals surface area contributed by atoms with Crippen LogP contribution in [0.5, 0.6) is 0 Å². The van der Waals surface area contributed by atoms with Gasteiger partial charge in [-0.3, -0.25) is 14.4 Å². The number of nitrogens with one attached hydrogen (secondary N) is 1. The summed E-state index contributed by atoms with van der Waals surface area (Å²) < 4.78 is 41.0. The highest BCUT2D eigenvalue weighted by Crippen LogP contribution is 2.17. The van der Waals surface area contributed by atoms with Gasteiger partial charge in [-0.1, -0.05) is 0 Å². The summed E-state index contributed by atoms with van der Waals surface area (Å²) in [4.78, 5) is 45.0. The minimum atomic E-state index is -5.25. The first-order valence-electron chi connectivity index (χ1n) is 5.57. The fraction of sp³-hybridized carbons (Fsp3) is 0.636. The summed E-state index contributed by atoms with van der Waals surface area (Å²) in [5.41, 5.74) is 0. The topological polar surface area (TPSA) is 89.5 Å². The molecule has 1 N–H and O–H groups in total. The summed E-state index contributed by atoms with van der Waals surface area (Å²) >= 11 is 0. The summed E-state index contributed by atoms with van der Waals surface area (Å²) in [7, 11) is 0. The number of carbonyl (C=O) groups excluding carboxylic acids is 4. The molecule has 20 heavy (non-hydrogen) atoms. The fourth-order valence-corrected chi connectivity index (χ4v) is 1.49. The number of carbonyl (C=O) groups is 4. The molecule has 1 atom stereocenters. The van der Waals surface area contributed by atoms with Crippen LogP contribution in [0, 0.1) is 5.92 Å². The number of rotatable bonds is 6. The summed E-state index contributed by atoms with van der Waals surface area (Å²) in [5.74, 6) is -7.13. The molecule has 1 amide bonds. The Morgan fingerprint density at radius 1 is 1.10 bits per heavy atom. The molecule has 0 aromatic heterocycles. The molecule has 0 aromatic carbocycles. The van der Waals surface area contributed by atoms with Gasteiger partial charge in [0.25, 0.3) is 0 Å². The molecule has 0 spiro atoms. The first-order chi connectivity index (χ1) is 9.02. The predicted molar refractivity (Wildman–Crippen MR) is 59.5 cm³/mol. The minimum absolute atomic E-state index is 0.181. The predicted octanol–water partition coefficient (Wildman–Crippen LogP) is 0.391. The maximum atomic E-state index is 12.2. The Labute approximate surface area is 112 Å². The lowest BCUT2D eigenvalue weighted by molar-refractivity contribution is -0.176. The van der Waals surface area contributed by atoms with Gasteiger partial charge in [-0.2, -0.15) is 13.2 Å². The van der Waals surface area contributed by atoms with E-state index in [-0.39, 0.29) is 6.61 Å². The van der Waals surface area contributed by atoms with E-state index in [4.69, 9.17) is 0 Å². The van der Waals surface area contributed by atoms with Gasteiger partial charge in [0.1, 0.15) is 23.5 Å². The Bertz CT molecular complexity index is 405. The molecule has 0 rings (SSSR count). The third kappa shape index (κ3) is 4.98. The SMILES string of the molecule is CCOC(=O)C(NC(=O)C(F)(F)F)C(C(C)=O)C(C)=O. The zero-order chi connectivity index (χ0) is 16.1. The largest absolute Gasteiger partial charge is 0.471 e. The van der Waals surface area contributed by atoms with Crippen molar-refractivity contribution in [2.24, 2.45) is 5.92 Å². The van der Waals surface area contributed by atoms with Crippen molar-refractivity contribution in [3.63, 3.8) is 0 Å². The average Bonchev–Trinajstić information content (AvgIpc) is 2.25. The number of halogens is 3. The van der Waals surface area contributed by atoms with Crippen molar-refractivity contribution in [2.45, 2.75) is 33.0 Å². The van der Waals surface area contributed by atoms with E-state index in [1.54, 1.807) is 0 Å². The molecule has 9 heteroatoms. The number of esters is 1. The second kappa shape index (κ2) is 7.01. The van der Waals surface area contributed by atoms with Crippen LogP contribution < -0.4 is 5.32 Å². The quantitative estimate of drug-likeness (QED) is 0.566. The molecule has 1 unspecified atom stereocenters. The highest BCUT2D eigenvalue weighted by Gasteiger charge is 2.45. The van der Waals surface area contributed by atoms with Crippen LogP contribution in [0.15, 0.2) is 0 Å². The van der Waals surface area contributed by atoms with Gasteiger partial charge in [0.15, 0.2) is 0 Å². The number of amides is 1. The Morgan fingerprint density at radius 2 is 1.55 bits per heavy atom. The van der Waals surface area contributed by atoms with E-state index >= 15 is 0 Å². The van der Waals surface area contributed by atoms with Gasteiger partial charge in [-0.05, 0) is 20.8 Å². The van der Waals surface area contributed by atoms with Crippen LogP contribution in [0.1, 0.15) is 20.8 Å². The van der Waals surface area contributed by atoms with Gasteiger partial charge in [0.2, 0.25) is 0 Å².